The highest BCUT2D eigenvalue weighted by Crippen LogP contribution is 2.24. The molecule has 1 fully saturated rings. The predicted octanol–water partition coefficient (Wildman–Crippen LogP) is 1.67. The van der Waals surface area contributed by atoms with E-state index in [1.54, 1.807) is 41.4 Å². The molecule has 0 saturated carbocycles. The van der Waals surface area contributed by atoms with Gasteiger partial charge in [0.2, 0.25) is 5.91 Å². The van der Waals surface area contributed by atoms with Crippen molar-refractivity contribution in [3.8, 4) is 0 Å². The molecular formula is C21H23N5O4S. The number of carbonyl (C=O) groups is 2. The van der Waals surface area contributed by atoms with E-state index >= 15 is 0 Å². The second-order valence-corrected chi connectivity index (χ2v) is 9.86. The molecule has 9 nitrogen and oxygen atoms in total. The Morgan fingerprint density at radius 3 is 2.74 bits per heavy atom. The van der Waals surface area contributed by atoms with Gasteiger partial charge in [0, 0.05) is 38.1 Å². The minimum absolute atomic E-state index is 0.104. The quantitative estimate of drug-likeness (QED) is 0.620. The van der Waals surface area contributed by atoms with Crippen LogP contribution in [0.2, 0.25) is 0 Å². The van der Waals surface area contributed by atoms with E-state index in [-0.39, 0.29) is 29.8 Å². The Kier molecular flexibility index (Phi) is 5.73. The van der Waals surface area contributed by atoms with Gasteiger partial charge in [-0.25, -0.2) is 13.4 Å². The molecule has 1 aromatic carbocycles. The van der Waals surface area contributed by atoms with Gasteiger partial charge in [-0.05, 0) is 36.6 Å². The summed E-state index contributed by atoms with van der Waals surface area (Å²) in [4.78, 5) is 30.0. The number of fused-ring (bicyclic) bond motifs is 1. The Bertz CT molecular complexity index is 1220. The van der Waals surface area contributed by atoms with E-state index in [0.717, 1.165) is 10.9 Å². The zero-order chi connectivity index (χ0) is 22.0. The molecule has 1 aliphatic rings. The minimum Gasteiger partial charge on any atom is -0.348 e. The number of nitrogens with one attached hydrogen (secondary N) is 2. The van der Waals surface area contributed by atoms with Gasteiger partial charge in [-0.15, -0.1) is 0 Å². The molecule has 1 aliphatic heterocycles. The standard InChI is InChI=1S/C21H23N5O4S/c1-14(27)26-8-2-3-19(13-26)31(29,30)18-6-4-15(5-7-18)10-23-21(28)17-9-16-12-24-25-20(16)22-11-17/h4-7,9,11-12,19H,2-3,8,10,13H2,1H3,(H,23,28)(H,22,24,25). The summed E-state index contributed by atoms with van der Waals surface area (Å²) >= 11 is 0. The molecule has 3 aromatic rings. The molecule has 10 heteroatoms. The van der Waals surface area contributed by atoms with Crippen molar-refractivity contribution in [2.45, 2.75) is 36.5 Å². The highest BCUT2D eigenvalue weighted by atomic mass is 32.2. The molecule has 2 aromatic heterocycles. The molecule has 3 heterocycles. The molecular weight excluding hydrogens is 418 g/mol. The third kappa shape index (κ3) is 4.43. The molecule has 2 amide bonds. The maximum atomic E-state index is 13.0. The fourth-order valence-electron chi connectivity index (χ4n) is 3.71. The average Bonchev–Trinajstić information content (AvgIpc) is 3.25. The summed E-state index contributed by atoms with van der Waals surface area (Å²) in [7, 11) is -3.53. The van der Waals surface area contributed by atoms with Crippen LogP contribution in [0, 0.1) is 0 Å². The van der Waals surface area contributed by atoms with Gasteiger partial charge in [-0.3, -0.25) is 14.7 Å². The first-order chi connectivity index (χ1) is 14.8. The summed E-state index contributed by atoms with van der Waals surface area (Å²) in [6, 6.07) is 8.20. The van der Waals surface area contributed by atoms with Crippen molar-refractivity contribution in [3.63, 3.8) is 0 Å². The van der Waals surface area contributed by atoms with Crippen LogP contribution in [0.4, 0.5) is 0 Å². The SMILES string of the molecule is CC(=O)N1CCCC(S(=O)(=O)c2ccc(CNC(=O)c3cnc4[nH]ncc4c3)cc2)C1. The van der Waals surface area contributed by atoms with E-state index in [9.17, 15) is 18.0 Å². The zero-order valence-electron chi connectivity index (χ0n) is 17.0. The summed E-state index contributed by atoms with van der Waals surface area (Å²) < 4.78 is 26.0. The summed E-state index contributed by atoms with van der Waals surface area (Å²) in [6.45, 7) is 2.54. The van der Waals surface area contributed by atoms with Crippen molar-refractivity contribution >= 4 is 32.7 Å². The molecule has 2 N–H and O–H groups in total. The maximum Gasteiger partial charge on any atom is 0.253 e. The molecule has 0 radical (unpaired) electrons. The van der Waals surface area contributed by atoms with Crippen molar-refractivity contribution < 1.29 is 18.0 Å². The summed E-state index contributed by atoms with van der Waals surface area (Å²) in [5.74, 6) is -0.382. The number of piperidine rings is 1. The Labute approximate surface area is 179 Å². The molecule has 4 rings (SSSR count). The number of rotatable bonds is 5. The van der Waals surface area contributed by atoms with Crippen LogP contribution in [0.5, 0.6) is 0 Å². The van der Waals surface area contributed by atoms with Crippen molar-refractivity contribution in [2.75, 3.05) is 13.1 Å². The van der Waals surface area contributed by atoms with Crippen molar-refractivity contribution in [1.29, 1.82) is 0 Å². The van der Waals surface area contributed by atoms with Gasteiger partial charge >= 0.3 is 0 Å². The lowest BCUT2D eigenvalue weighted by Crippen LogP contribution is -2.44. The molecule has 162 valence electrons. The fraction of sp³-hybridized carbons (Fsp3) is 0.333. The van der Waals surface area contributed by atoms with Gasteiger partial charge in [0.05, 0.1) is 21.9 Å². The first kappa shape index (κ1) is 21.0. The van der Waals surface area contributed by atoms with Crippen LogP contribution in [0.25, 0.3) is 11.0 Å². The Balaban J connectivity index is 1.40. The smallest absolute Gasteiger partial charge is 0.253 e. The molecule has 0 bridgehead atoms. The fourth-order valence-corrected chi connectivity index (χ4v) is 5.47. The average molecular weight is 442 g/mol. The van der Waals surface area contributed by atoms with Gasteiger partial charge in [0.25, 0.3) is 5.91 Å². The van der Waals surface area contributed by atoms with E-state index < -0.39 is 15.1 Å². The number of aromatic amines is 1. The normalized spacial score (nSPS) is 16.9. The van der Waals surface area contributed by atoms with Crippen molar-refractivity contribution in [3.05, 3.63) is 53.9 Å². The summed E-state index contributed by atoms with van der Waals surface area (Å²) in [5, 5.41) is 9.57. The largest absolute Gasteiger partial charge is 0.348 e. The zero-order valence-corrected chi connectivity index (χ0v) is 17.9. The van der Waals surface area contributed by atoms with E-state index in [1.165, 1.54) is 13.1 Å². The maximum absolute atomic E-state index is 13.0. The number of likely N-dealkylation sites (tertiary alicyclic amines) is 1. The van der Waals surface area contributed by atoms with E-state index in [4.69, 9.17) is 0 Å². The van der Waals surface area contributed by atoms with E-state index in [2.05, 4.69) is 20.5 Å². The number of carbonyl (C=O) groups excluding carboxylic acids is 2. The number of pyridine rings is 1. The van der Waals surface area contributed by atoms with Gasteiger partial charge in [0.15, 0.2) is 15.5 Å². The summed E-state index contributed by atoms with van der Waals surface area (Å²) in [5.41, 5.74) is 1.80. The van der Waals surface area contributed by atoms with Crippen LogP contribution in [-0.4, -0.2) is 58.7 Å². The van der Waals surface area contributed by atoms with E-state index in [1.807, 2.05) is 0 Å². The highest BCUT2D eigenvalue weighted by molar-refractivity contribution is 7.92. The number of sulfone groups is 1. The number of benzene rings is 1. The number of aromatic nitrogens is 3. The lowest BCUT2D eigenvalue weighted by Gasteiger charge is -2.31. The van der Waals surface area contributed by atoms with Crippen LogP contribution >= 0.6 is 0 Å². The third-order valence-electron chi connectivity index (χ3n) is 5.52. The summed E-state index contributed by atoms with van der Waals surface area (Å²) in [6.07, 6.45) is 4.28. The van der Waals surface area contributed by atoms with Gasteiger partial charge in [-0.1, -0.05) is 12.1 Å². The number of H-pyrrole nitrogens is 1. The van der Waals surface area contributed by atoms with Crippen LogP contribution in [0.15, 0.2) is 47.6 Å². The lowest BCUT2D eigenvalue weighted by atomic mass is 10.1. The molecule has 0 spiro atoms. The molecule has 0 aliphatic carbocycles. The number of hydrogen-bond acceptors (Lipinski definition) is 6. The highest BCUT2D eigenvalue weighted by Gasteiger charge is 2.32. The first-order valence-corrected chi connectivity index (χ1v) is 11.5. The van der Waals surface area contributed by atoms with Crippen molar-refractivity contribution in [2.24, 2.45) is 0 Å². The number of hydrogen-bond donors (Lipinski definition) is 2. The molecule has 1 unspecified atom stereocenters. The molecule has 1 atom stereocenters. The van der Waals surface area contributed by atoms with Gasteiger partial charge < -0.3 is 10.2 Å². The van der Waals surface area contributed by atoms with Crippen molar-refractivity contribution in [1.82, 2.24) is 25.4 Å². The lowest BCUT2D eigenvalue weighted by molar-refractivity contribution is -0.129. The minimum atomic E-state index is -3.53. The molecule has 31 heavy (non-hydrogen) atoms. The third-order valence-corrected chi connectivity index (χ3v) is 7.71. The Morgan fingerprint density at radius 1 is 1.23 bits per heavy atom. The number of amides is 2. The second-order valence-electron chi connectivity index (χ2n) is 7.63. The molecule has 1 saturated heterocycles. The van der Waals surface area contributed by atoms with Crippen LogP contribution in [0.3, 0.4) is 0 Å². The topological polar surface area (TPSA) is 125 Å². The Hall–Kier alpha value is -3.27. The second kappa shape index (κ2) is 8.46. The van der Waals surface area contributed by atoms with Gasteiger partial charge in [0.1, 0.15) is 0 Å². The van der Waals surface area contributed by atoms with Crippen LogP contribution in [-0.2, 0) is 21.2 Å². The van der Waals surface area contributed by atoms with Gasteiger partial charge in [-0.2, -0.15) is 5.10 Å². The van der Waals surface area contributed by atoms with Crippen LogP contribution < -0.4 is 5.32 Å². The number of nitrogens with zero attached hydrogens (tertiary/aromatic N) is 3. The predicted molar refractivity (Wildman–Crippen MR) is 114 cm³/mol. The Morgan fingerprint density at radius 2 is 2.00 bits per heavy atom. The monoisotopic (exact) mass is 441 g/mol. The van der Waals surface area contributed by atoms with E-state index in [0.29, 0.717) is 30.6 Å². The van der Waals surface area contributed by atoms with Crippen LogP contribution in [0.1, 0.15) is 35.7 Å². The first-order valence-electron chi connectivity index (χ1n) is 10.0.